The van der Waals surface area contributed by atoms with E-state index in [1.54, 1.807) is 7.05 Å². The summed E-state index contributed by atoms with van der Waals surface area (Å²) in [7, 11) is 1.60. The Kier molecular flexibility index (Phi) is 4.89. The lowest BCUT2D eigenvalue weighted by molar-refractivity contribution is -0.118. The molecule has 0 rings (SSSR count). The lowest BCUT2D eigenvalue weighted by Gasteiger charge is -2.04. The molecule has 0 radical (unpaired) electrons. The van der Waals surface area contributed by atoms with Crippen LogP contribution >= 0.6 is 0 Å². The molecule has 0 unspecified atom stereocenters. The molecule has 0 bridgehead atoms. The largest absolute Gasteiger partial charge is 0.370 e. The van der Waals surface area contributed by atoms with Crippen molar-refractivity contribution >= 4 is 11.9 Å². The van der Waals surface area contributed by atoms with E-state index in [1.165, 1.54) is 6.92 Å². The van der Waals surface area contributed by atoms with Crippen molar-refractivity contribution in [1.82, 2.24) is 10.6 Å². The number of nitrogens with one attached hydrogen (secondary N) is 2. The van der Waals surface area contributed by atoms with Gasteiger partial charge < -0.3 is 16.4 Å². The Morgan fingerprint density at radius 2 is 2.00 bits per heavy atom. The van der Waals surface area contributed by atoms with Crippen molar-refractivity contribution < 1.29 is 4.79 Å². The molecule has 0 aliphatic heterocycles. The van der Waals surface area contributed by atoms with Crippen molar-refractivity contribution in [1.29, 1.82) is 0 Å². The van der Waals surface area contributed by atoms with Crippen LogP contribution in [0.4, 0.5) is 0 Å². The zero-order valence-electron chi connectivity index (χ0n) is 6.85. The van der Waals surface area contributed by atoms with Gasteiger partial charge in [0, 0.05) is 27.1 Å². The first kappa shape index (κ1) is 9.74. The molecular weight excluding hydrogens is 144 g/mol. The first-order valence-electron chi connectivity index (χ1n) is 3.37. The van der Waals surface area contributed by atoms with E-state index < -0.39 is 0 Å². The number of hydrogen-bond donors (Lipinski definition) is 3. The SMILES string of the molecule is CN=C(N)NCCNC(C)=O. The summed E-state index contributed by atoms with van der Waals surface area (Å²) >= 11 is 0. The van der Waals surface area contributed by atoms with E-state index in [0.717, 1.165) is 0 Å². The Bertz CT molecular complexity index is 155. The van der Waals surface area contributed by atoms with Gasteiger partial charge in [0.15, 0.2) is 5.96 Å². The van der Waals surface area contributed by atoms with E-state index in [9.17, 15) is 4.79 Å². The zero-order chi connectivity index (χ0) is 8.69. The van der Waals surface area contributed by atoms with Crippen LogP contribution in [0.2, 0.25) is 0 Å². The highest BCUT2D eigenvalue weighted by Gasteiger charge is 1.90. The van der Waals surface area contributed by atoms with Crippen molar-refractivity contribution in [3.05, 3.63) is 0 Å². The molecule has 5 nitrogen and oxygen atoms in total. The maximum Gasteiger partial charge on any atom is 0.216 e. The standard InChI is InChI=1S/C6H14N4O/c1-5(11)9-3-4-10-6(7)8-2/h3-4H2,1-2H3,(H,9,11)(H3,7,8,10). The van der Waals surface area contributed by atoms with Gasteiger partial charge >= 0.3 is 0 Å². The predicted molar refractivity (Wildman–Crippen MR) is 44.2 cm³/mol. The third kappa shape index (κ3) is 6.63. The van der Waals surface area contributed by atoms with Crippen molar-refractivity contribution in [3.63, 3.8) is 0 Å². The van der Waals surface area contributed by atoms with Gasteiger partial charge in [0.25, 0.3) is 0 Å². The Labute approximate surface area is 66.1 Å². The van der Waals surface area contributed by atoms with Crippen LogP contribution in [-0.2, 0) is 4.79 Å². The van der Waals surface area contributed by atoms with Gasteiger partial charge in [0.2, 0.25) is 5.91 Å². The van der Waals surface area contributed by atoms with Crippen molar-refractivity contribution in [2.75, 3.05) is 20.1 Å². The molecule has 4 N–H and O–H groups in total. The van der Waals surface area contributed by atoms with Gasteiger partial charge in [-0.15, -0.1) is 0 Å². The second kappa shape index (κ2) is 5.52. The average Bonchev–Trinajstić information content (AvgIpc) is 1.97. The van der Waals surface area contributed by atoms with Crippen LogP contribution in [0.3, 0.4) is 0 Å². The summed E-state index contributed by atoms with van der Waals surface area (Å²) in [6, 6.07) is 0. The van der Waals surface area contributed by atoms with Gasteiger partial charge in [-0.05, 0) is 0 Å². The molecule has 0 aromatic carbocycles. The molecule has 11 heavy (non-hydrogen) atoms. The van der Waals surface area contributed by atoms with Crippen LogP contribution in [0, 0.1) is 0 Å². The van der Waals surface area contributed by atoms with Crippen LogP contribution in [0.5, 0.6) is 0 Å². The maximum absolute atomic E-state index is 10.4. The summed E-state index contributed by atoms with van der Waals surface area (Å²) in [6.07, 6.45) is 0. The Hall–Kier alpha value is -1.26. The third-order valence-corrected chi connectivity index (χ3v) is 1.05. The molecule has 0 heterocycles. The molecule has 0 aromatic rings. The number of carbonyl (C=O) groups is 1. The highest BCUT2D eigenvalue weighted by Crippen LogP contribution is 1.61. The zero-order valence-corrected chi connectivity index (χ0v) is 6.85. The summed E-state index contributed by atoms with van der Waals surface area (Å²) in [5.74, 6) is 0.342. The smallest absolute Gasteiger partial charge is 0.216 e. The fraction of sp³-hybridized carbons (Fsp3) is 0.667. The van der Waals surface area contributed by atoms with Crippen LogP contribution in [0.15, 0.2) is 4.99 Å². The van der Waals surface area contributed by atoms with E-state index in [0.29, 0.717) is 19.0 Å². The highest BCUT2D eigenvalue weighted by atomic mass is 16.1. The molecule has 0 aliphatic carbocycles. The molecule has 5 heteroatoms. The lowest BCUT2D eigenvalue weighted by Crippen LogP contribution is -2.37. The molecule has 0 spiro atoms. The molecule has 0 saturated heterocycles. The molecule has 0 aromatic heterocycles. The lowest BCUT2D eigenvalue weighted by atomic mass is 10.6. The molecule has 0 saturated carbocycles. The summed E-state index contributed by atoms with van der Waals surface area (Å²) in [5, 5.41) is 5.41. The number of aliphatic imine (C=N–C) groups is 1. The van der Waals surface area contributed by atoms with Crippen LogP contribution in [0.25, 0.3) is 0 Å². The summed E-state index contributed by atoms with van der Waals surface area (Å²) in [6.45, 7) is 2.63. The van der Waals surface area contributed by atoms with Crippen molar-refractivity contribution in [2.45, 2.75) is 6.92 Å². The van der Waals surface area contributed by atoms with Crippen LogP contribution in [0.1, 0.15) is 6.92 Å². The van der Waals surface area contributed by atoms with Gasteiger partial charge in [-0.25, -0.2) is 0 Å². The van der Waals surface area contributed by atoms with E-state index >= 15 is 0 Å². The summed E-state index contributed by atoms with van der Waals surface area (Å²) in [4.78, 5) is 14.0. The monoisotopic (exact) mass is 158 g/mol. The number of rotatable bonds is 3. The minimum absolute atomic E-state index is 0.0428. The molecule has 0 aliphatic rings. The Morgan fingerprint density at radius 1 is 1.45 bits per heavy atom. The fourth-order valence-electron chi connectivity index (χ4n) is 0.508. The van der Waals surface area contributed by atoms with Gasteiger partial charge in [-0.3, -0.25) is 9.79 Å². The first-order valence-corrected chi connectivity index (χ1v) is 3.37. The summed E-state index contributed by atoms with van der Waals surface area (Å²) < 4.78 is 0. The maximum atomic E-state index is 10.4. The number of nitrogens with zero attached hydrogens (tertiary/aromatic N) is 1. The normalized spacial score (nSPS) is 10.9. The predicted octanol–water partition coefficient (Wildman–Crippen LogP) is -1.34. The quantitative estimate of drug-likeness (QED) is 0.270. The topological polar surface area (TPSA) is 79.5 Å². The van der Waals surface area contributed by atoms with Gasteiger partial charge in [0.1, 0.15) is 0 Å². The van der Waals surface area contributed by atoms with Gasteiger partial charge in [-0.1, -0.05) is 0 Å². The number of hydrogen-bond acceptors (Lipinski definition) is 2. The molecule has 1 amide bonds. The first-order chi connectivity index (χ1) is 5.16. The Balaban J connectivity index is 3.21. The van der Waals surface area contributed by atoms with E-state index in [-0.39, 0.29) is 5.91 Å². The van der Waals surface area contributed by atoms with Gasteiger partial charge in [0.05, 0.1) is 0 Å². The third-order valence-electron chi connectivity index (χ3n) is 1.05. The number of amides is 1. The van der Waals surface area contributed by atoms with Crippen molar-refractivity contribution in [3.8, 4) is 0 Å². The second-order valence-electron chi connectivity index (χ2n) is 2.02. The second-order valence-corrected chi connectivity index (χ2v) is 2.02. The molecule has 0 fully saturated rings. The molecular formula is C6H14N4O. The number of nitrogens with two attached hydrogens (primary N) is 1. The highest BCUT2D eigenvalue weighted by molar-refractivity contribution is 5.77. The van der Waals surface area contributed by atoms with Crippen LogP contribution < -0.4 is 16.4 Å². The van der Waals surface area contributed by atoms with E-state index in [2.05, 4.69) is 15.6 Å². The average molecular weight is 158 g/mol. The summed E-state index contributed by atoms with van der Waals surface area (Å²) in [5.41, 5.74) is 5.32. The van der Waals surface area contributed by atoms with E-state index in [1.807, 2.05) is 0 Å². The minimum atomic E-state index is -0.0428. The van der Waals surface area contributed by atoms with E-state index in [4.69, 9.17) is 5.73 Å². The van der Waals surface area contributed by atoms with Crippen LogP contribution in [-0.4, -0.2) is 32.0 Å². The molecule has 0 atom stereocenters. The fourth-order valence-corrected chi connectivity index (χ4v) is 0.508. The number of guanidine groups is 1. The Morgan fingerprint density at radius 3 is 2.45 bits per heavy atom. The van der Waals surface area contributed by atoms with Crippen molar-refractivity contribution in [2.24, 2.45) is 10.7 Å². The molecule has 64 valence electrons. The minimum Gasteiger partial charge on any atom is -0.370 e. The van der Waals surface area contributed by atoms with Gasteiger partial charge in [-0.2, -0.15) is 0 Å². The number of carbonyl (C=O) groups excluding carboxylic acids is 1.